The molecule has 2 N–H and O–H groups in total. The van der Waals surface area contributed by atoms with Crippen LogP contribution in [-0.2, 0) is 45.7 Å². The van der Waals surface area contributed by atoms with E-state index in [0.29, 0.717) is 5.56 Å². The van der Waals surface area contributed by atoms with Gasteiger partial charge in [-0.2, -0.15) is 0 Å². The van der Waals surface area contributed by atoms with Crippen molar-refractivity contribution in [2.45, 2.75) is 18.7 Å². The normalized spacial score (nSPS) is 17.2. The van der Waals surface area contributed by atoms with Crippen molar-refractivity contribution >= 4 is 67.8 Å². The zero-order chi connectivity index (χ0) is 26.5. The summed E-state index contributed by atoms with van der Waals surface area (Å²) in [6, 6.07) is 5.14. The second kappa shape index (κ2) is 13.3. The van der Waals surface area contributed by atoms with Gasteiger partial charge in [-0.25, -0.2) is 22.5 Å². The number of halogens is 1. The predicted molar refractivity (Wildman–Crippen MR) is 124 cm³/mol. The van der Waals surface area contributed by atoms with E-state index in [1.54, 1.807) is 30.3 Å². The number of oxime groups is 1. The number of ether oxygens (including phenoxy) is 1. The Hall–Kier alpha value is -2.60. The number of anilines is 1. The van der Waals surface area contributed by atoms with Crippen LogP contribution < -0.4 is 40.2 Å². The molecule has 2 aromatic rings. The SMILES string of the molecule is COC(=O)C1C(NC(=O)C(=NOCc2ccccc2)c2csc(NC(=O)CCl)n2)C(=O)N1S(=O)(=O)[O-].[Na+]. The van der Waals surface area contributed by atoms with E-state index < -0.39 is 51.8 Å². The van der Waals surface area contributed by atoms with E-state index in [0.717, 1.165) is 18.4 Å². The summed E-state index contributed by atoms with van der Waals surface area (Å²) in [6.07, 6.45) is 0. The Labute approximate surface area is 241 Å². The molecule has 0 bridgehead atoms. The van der Waals surface area contributed by atoms with Gasteiger partial charge in [-0.15, -0.1) is 22.9 Å². The number of hydrogen-bond donors (Lipinski definition) is 2. The maximum absolute atomic E-state index is 13.0. The molecule has 1 fully saturated rings. The molecule has 1 aromatic carbocycles. The molecule has 2 atom stereocenters. The van der Waals surface area contributed by atoms with E-state index in [1.165, 1.54) is 5.38 Å². The first-order valence-corrected chi connectivity index (χ1v) is 12.6. The van der Waals surface area contributed by atoms with Crippen molar-refractivity contribution in [3.05, 3.63) is 47.0 Å². The van der Waals surface area contributed by atoms with Crippen molar-refractivity contribution in [3.8, 4) is 0 Å². The quantitative estimate of drug-likeness (QED) is 0.0542. The molecule has 37 heavy (non-hydrogen) atoms. The summed E-state index contributed by atoms with van der Waals surface area (Å²) in [7, 11) is -4.44. The number of aromatic nitrogens is 1. The Morgan fingerprint density at radius 2 is 1.95 bits per heavy atom. The molecule has 0 aliphatic carbocycles. The minimum absolute atomic E-state index is 0. The standard InChI is InChI=1S/C19H18ClN5O9S2.Na/c1-33-18(29)15-14(17(28)25(15)36(30,31)32)23-16(27)13(24-34-8-10-5-3-2-4-6-10)11-9-35-19(21-11)22-12(26)7-20;/h2-6,9,14-15H,7-8H2,1H3,(H,23,27)(H,21,22,26)(H,30,31,32);/q;+1/p-1. The van der Waals surface area contributed by atoms with Crippen molar-refractivity contribution in [2.24, 2.45) is 5.16 Å². The average molecular weight is 582 g/mol. The summed E-state index contributed by atoms with van der Waals surface area (Å²) in [4.78, 5) is 58.1. The average Bonchev–Trinajstić information content (AvgIpc) is 3.30. The fraction of sp³-hybridized carbons (Fsp3) is 0.263. The van der Waals surface area contributed by atoms with Crippen LogP contribution in [0, 0.1) is 0 Å². The van der Waals surface area contributed by atoms with Gasteiger partial charge < -0.3 is 24.8 Å². The third-order valence-electron chi connectivity index (χ3n) is 4.58. The third-order valence-corrected chi connectivity index (χ3v) is 6.47. The molecule has 2 unspecified atom stereocenters. The van der Waals surface area contributed by atoms with Crippen LogP contribution in [0.4, 0.5) is 5.13 Å². The molecule has 2 heterocycles. The minimum atomic E-state index is -5.35. The van der Waals surface area contributed by atoms with E-state index >= 15 is 0 Å². The van der Waals surface area contributed by atoms with Gasteiger partial charge in [0.25, 0.3) is 11.8 Å². The van der Waals surface area contributed by atoms with Crippen LogP contribution in [-0.4, -0.2) is 76.7 Å². The molecule has 1 aromatic heterocycles. The molecule has 3 rings (SSSR count). The number of methoxy groups -OCH3 is 1. The number of amides is 3. The molecule has 192 valence electrons. The molecule has 0 saturated carbocycles. The van der Waals surface area contributed by atoms with E-state index in [9.17, 15) is 32.1 Å². The molecule has 14 nitrogen and oxygen atoms in total. The van der Waals surface area contributed by atoms with Crippen molar-refractivity contribution in [1.29, 1.82) is 0 Å². The van der Waals surface area contributed by atoms with Gasteiger partial charge in [-0.3, -0.25) is 14.4 Å². The summed E-state index contributed by atoms with van der Waals surface area (Å²) in [5.74, 6) is -4.56. The first kappa shape index (κ1) is 30.6. The zero-order valence-electron chi connectivity index (χ0n) is 19.2. The van der Waals surface area contributed by atoms with Crippen LogP contribution in [0.15, 0.2) is 40.9 Å². The molecule has 3 amide bonds. The Morgan fingerprint density at radius 3 is 2.54 bits per heavy atom. The van der Waals surface area contributed by atoms with Crippen molar-refractivity contribution in [1.82, 2.24) is 14.6 Å². The Kier molecular flexibility index (Phi) is 11.0. The number of thiazole rings is 1. The number of β-lactam (4-membered cyclic amide) rings is 1. The van der Waals surface area contributed by atoms with Gasteiger partial charge in [0.1, 0.15) is 24.2 Å². The summed E-state index contributed by atoms with van der Waals surface area (Å²) in [6.45, 7) is -0.0487. The number of hydrogen-bond acceptors (Lipinski definition) is 12. The Morgan fingerprint density at radius 1 is 1.27 bits per heavy atom. The van der Waals surface area contributed by atoms with Crippen LogP contribution in [0.3, 0.4) is 0 Å². The summed E-state index contributed by atoms with van der Waals surface area (Å²) < 4.78 is 38.3. The van der Waals surface area contributed by atoms with Crippen LogP contribution in [0.25, 0.3) is 0 Å². The second-order valence-corrected chi connectivity index (χ2v) is 9.30. The topological polar surface area (TPSA) is 196 Å². The predicted octanol–water partition coefficient (Wildman–Crippen LogP) is -3.43. The number of nitrogens with zero attached hydrogens (tertiary/aromatic N) is 3. The van der Waals surface area contributed by atoms with Gasteiger partial charge in [0.15, 0.2) is 27.2 Å². The van der Waals surface area contributed by atoms with Crippen molar-refractivity contribution in [3.63, 3.8) is 0 Å². The molecule has 18 heteroatoms. The van der Waals surface area contributed by atoms with E-state index in [-0.39, 0.29) is 57.2 Å². The maximum atomic E-state index is 13.0. The summed E-state index contributed by atoms with van der Waals surface area (Å²) in [5.41, 5.74) is 0.170. The number of benzene rings is 1. The molecular weight excluding hydrogens is 565 g/mol. The largest absolute Gasteiger partial charge is 1.00 e. The zero-order valence-corrected chi connectivity index (χ0v) is 23.6. The molecule has 0 spiro atoms. The van der Waals surface area contributed by atoms with E-state index in [2.05, 4.69) is 25.5 Å². The van der Waals surface area contributed by atoms with Gasteiger partial charge in [-0.05, 0) is 5.56 Å². The van der Waals surface area contributed by atoms with Gasteiger partial charge in [0, 0.05) is 5.38 Å². The van der Waals surface area contributed by atoms with Gasteiger partial charge in [-0.1, -0.05) is 35.5 Å². The van der Waals surface area contributed by atoms with Crippen LogP contribution in [0.1, 0.15) is 11.3 Å². The van der Waals surface area contributed by atoms with Crippen molar-refractivity contribution in [2.75, 3.05) is 18.3 Å². The minimum Gasteiger partial charge on any atom is -0.731 e. The van der Waals surface area contributed by atoms with Crippen LogP contribution in [0.2, 0.25) is 0 Å². The first-order valence-electron chi connectivity index (χ1n) is 9.80. The van der Waals surface area contributed by atoms with Crippen molar-refractivity contribution < 1.29 is 71.3 Å². The number of nitrogens with one attached hydrogen (secondary N) is 2. The van der Waals surface area contributed by atoms with E-state index in [1.807, 2.05) is 0 Å². The molecule has 1 aliphatic heterocycles. The van der Waals surface area contributed by atoms with Crippen LogP contribution >= 0.6 is 22.9 Å². The molecular formula is C19H17ClN5NaO9S2. The summed E-state index contributed by atoms with van der Waals surface area (Å²) >= 11 is 6.39. The smallest absolute Gasteiger partial charge is 0.731 e. The molecule has 1 aliphatic rings. The van der Waals surface area contributed by atoms with Gasteiger partial charge in [0.05, 0.1) is 7.11 Å². The number of esters is 1. The Balaban J connectivity index is 0.00000481. The fourth-order valence-electron chi connectivity index (χ4n) is 2.96. The Bertz CT molecular complexity index is 1310. The number of rotatable bonds is 10. The fourth-order valence-corrected chi connectivity index (χ4v) is 4.56. The number of carbonyl (C=O) groups is 4. The summed E-state index contributed by atoms with van der Waals surface area (Å²) in [5, 5.41) is 9.76. The third kappa shape index (κ3) is 7.47. The maximum Gasteiger partial charge on any atom is 1.00 e. The second-order valence-electron chi connectivity index (χ2n) is 6.93. The first-order chi connectivity index (χ1) is 17.1. The van der Waals surface area contributed by atoms with Crippen LogP contribution in [0.5, 0.6) is 0 Å². The van der Waals surface area contributed by atoms with E-state index in [4.69, 9.17) is 16.4 Å². The van der Waals surface area contributed by atoms with Gasteiger partial charge >= 0.3 is 35.5 Å². The van der Waals surface area contributed by atoms with Gasteiger partial charge in [0.2, 0.25) is 5.91 Å². The monoisotopic (exact) mass is 581 g/mol. The number of carbonyl (C=O) groups excluding carboxylic acids is 4. The molecule has 1 saturated heterocycles. The molecule has 0 radical (unpaired) electrons. The number of alkyl halides is 1.